The van der Waals surface area contributed by atoms with Gasteiger partial charge in [-0.05, 0) is 58.4 Å². The smallest absolute Gasteiger partial charge is 0.407 e. The molecule has 2 amide bonds. The molecule has 4 N–H and O–H groups in total. The molecule has 2 aromatic heterocycles. The second kappa shape index (κ2) is 13.6. The number of benzene rings is 3. The normalized spacial score (nSPS) is 18.7. The number of ether oxygens (including phenoxy) is 2. The number of hydrogen-bond acceptors (Lipinski definition) is 7. The largest absolute Gasteiger partial charge is 0.453 e. The molecule has 7 rings (SSSR count). The Hall–Kier alpha value is -5.00. The zero-order valence-electron chi connectivity index (χ0n) is 27.5. The molecule has 3 aromatic carbocycles. The molecule has 3 atom stereocenters. The van der Waals surface area contributed by atoms with Gasteiger partial charge in [-0.15, -0.1) is 0 Å². The summed E-state index contributed by atoms with van der Waals surface area (Å²) in [7, 11) is 1.30. The van der Waals surface area contributed by atoms with Gasteiger partial charge >= 0.3 is 6.09 Å². The Morgan fingerprint density at radius 2 is 1.54 bits per heavy atom. The minimum Gasteiger partial charge on any atom is -0.453 e. The zero-order chi connectivity index (χ0) is 33.2. The summed E-state index contributed by atoms with van der Waals surface area (Å²) in [5.74, 6) is 1.44. The number of hydrogen-bond donors (Lipinski definition) is 4. The molecule has 0 saturated carbocycles. The van der Waals surface area contributed by atoms with Crippen LogP contribution in [0.4, 0.5) is 4.79 Å². The minimum atomic E-state index is -0.665. The predicted octanol–water partition coefficient (Wildman–Crippen LogP) is 5.99. The summed E-state index contributed by atoms with van der Waals surface area (Å²) >= 11 is 0. The molecule has 0 bridgehead atoms. The topological polar surface area (TPSA) is 137 Å². The average Bonchev–Trinajstić information content (AvgIpc) is 3.92. The summed E-state index contributed by atoms with van der Waals surface area (Å²) in [6.07, 6.45) is 4.79. The number of carbonyl (C=O) groups is 2. The highest BCUT2D eigenvalue weighted by atomic mass is 16.5. The molecule has 11 nitrogen and oxygen atoms in total. The van der Waals surface area contributed by atoms with Crippen molar-refractivity contribution in [3.8, 4) is 33.6 Å². The maximum atomic E-state index is 13.5. The fourth-order valence-electron chi connectivity index (χ4n) is 6.68. The number of amides is 2. The van der Waals surface area contributed by atoms with Gasteiger partial charge < -0.3 is 35.0 Å². The van der Waals surface area contributed by atoms with E-state index in [1.54, 1.807) is 0 Å². The summed E-state index contributed by atoms with van der Waals surface area (Å²) in [5, 5.41) is 8.47. The summed E-state index contributed by atoms with van der Waals surface area (Å²) in [4.78, 5) is 43.4. The van der Waals surface area contributed by atoms with Gasteiger partial charge in [0.15, 0.2) is 0 Å². The van der Waals surface area contributed by atoms with E-state index < -0.39 is 12.1 Å². The first-order valence-electron chi connectivity index (χ1n) is 16.6. The lowest BCUT2D eigenvalue weighted by Gasteiger charge is -2.30. The standard InChI is InChI=1S/C37H41N7O4/c1-22(2)33(43-37(46)47-3)36(45)44-15-4-5-32(44)35-40-19-29(42-35)24-8-6-23(7-9-24)25-10-11-27-18-28(13-12-26(27)17-25)30-20-39-34(41-30)31-21-48-16-14-38-31/h6-13,17-20,22,31-33,38H,4-5,14-16,21H2,1-3H3,(H,39,41)(H,40,42)(H,43,46)/t31-,32-,33-/m0/s1. The number of H-pyrrole nitrogens is 2. The first kappa shape index (κ1) is 31.6. The Labute approximate surface area is 279 Å². The van der Waals surface area contributed by atoms with Gasteiger partial charge in [-0.1, -0.05) is 62.4 Å². The maximum Gasteiger partial charge on any atom is 0.407 e. The lowest BCUT2D eigenvalue weighted by atomic mass is 9.98. The van der Waals surface area contributed by atoms with E-state index in [0.717, 1.165) is 82.1 Å². The van der Waals surface area contributed by atoms with E-state index in [-0.39, 0.29) is 23.9 Å². The number of methoxy groups -OCH3 is 1. The molecule has 0 aliphatic carbocycles. The van der Waals surface area contributed by atoms with E-state index >= 15 is 0 Å². The van der Waals surface area contributed by atoms with Crippen LogP contribution in [0.25, 0.3) is 44.4 Å². The van der Waals surface area contributed by atoms with Gasteiger partial charge in [0.25, 0.3) is 0 Å². The molecule has 5 aromatic rings. The lowest BCUT2D eigenvalue weighted by molar-refractivity contribution is -0.135. The summed E-state index contributed by atoms with van der Waals surface area (Å²) < 4.78 is 10.3. The fraction of sp³-hybridized carbons (Fsp3) is 0.351. The van der Waals surface area contributed by atoms with Crippen molar-refractivity contribution in [2.45, 2.75) is 44.8 Å². The summed E-state index contributed by atoms with van der Waals surface area (Å²) in [6, 6.07) is 20.7. The Kier molecular flexibility index (Phi) is 8.96. The van der Waals surface area contributed by atoms with Gasteiger partial charge in [0, 0.05) is 18.7 Å². The van der Waals surface area contributed by atoms with Crippen LogP contribution in [0.3, 0.4) is 0 Å². The van der Waals surface area contributed by atoms with Crippen LogP contribution in [-0.4, -0.2) is 76.3 Å². The van der Waals surface area contributed by atoms with Crippen LogP contribution in [-0.2, 0) is 14.3 Å². The molecule has 2 aliphatic rings. The van der Waals surface area contributed by atoms with Crippen molar-refractivity contribution in [1.29, 1.82) is 0 Å². The third-order valence-electron chi connectivity index (χ3n) is 9.37. The van der Waals surface area contributed by atoms with Crippen molar-refractivity contribution in [1.82, 2.24) is 35.5 Å². The van der Waals surface area contributed by atoms with Gasteiger partial charge in [0.2, 0.25) is 5.91 Å². The van der Waals surface area contributed by atoms with Crippen molar-refractivity contribution in [2.75, 3.05) is 33.4 Å². The Morgan fingerprint density at radius 1 is 0.896 bits per heavy atom. The van der Waals surface area contributed by atoms with Crippen LogP contribution >= 0.6 is 0 Å². The number of alkyl carbamates (subject to hydrolysis) is 1. The number of imidazole rings is 2. The van der Waals surface area contributed by atoms with E-state index in [9.17, 15) is 9.59 Å². The molecule has 2 fully saturated rings. The minimum absolute atomic E-state index is 0.0842. The molecule has 0 radical (unpaired) electrons. The number of nitrogens with zero attached hydrogens (tertiary/aromatic N) is 3. The molecule has 2 saturated heterocycles. The van der Waals surface area contributed by atoms with Crippen LogP contribution in [0.2, 0.25) is 0 Å². The van der Waals surface area contributed by atoms with Gasteiger partial charge in [-0.25, -0.2) is 14.8 Å². The highest BCUT2D eigenvalue weighted by Crippen LogP contribution is 2.34. The number of likely N-dealkylation sites (tertiary alicyclic amines) is 1. The van der Waals surface area contributed by atoms with E-state index in [2.05, 4.69) is 91.2 Å². The van der Waals surface area contributed by atoms with Crippen LogP contribution in [0.15, 0.2) is 73.1 Å². The zero-order valence-corrected chi connectivity index (χ0v) is 27.5. The first-order chi connectivity index (χ1) is 23.4. The highest BCUT2D eigenvalue weighted by molar-refractivity contribution is 5.90. The van der Waals surface area contributed by atoms with Crippen LogP contribution < -0.4 is 10.6 Å². The molecular formula is C37H41N7O4. The third-order valence-corrected chi connectivity index (χ3v) is 9.37. The number of aromatic nitrogens is 4. The number of fused-ring (bicyclic) bond motifs is 1. The molecule has 2 aliphatic heterocycles. The van der Waals surface area contributed by atoms with Crippen molar-refractivity contribution < 1.29 is 19.1 Å². The summed E-state index contributed by atoms with van der Waals surface area (Å²) in [6.45, 7) is 6.62. The molecule has 48 heavy (non-hydrogen) atoms. The van der Waals surface area contributed by atoms with Crippen molar-refractivity contribution in [2.24, 2.45) is 5.92 Å². The van der Waals surface area contributed by atoms with Crippen molar-refractivity contribution in [3.05, 3.63) is 84.7 Å². The molecule has 0 unspecified atom stereocenters. The van der Waals surface area contributed by atoms with E-state index in [1.165, 1.54) is 7.11 Å². The van der Waals surface area contributed by atoms with E-state index in [0.29, 0.717) is 13.2 Å². The van der Waals surface area contributed by atoms with Gasteiger partial charge in [0.05, 0.1) is 56.2 Å². The van der Waals surface area contributed by atoms with Crippen LogP contribution in [0.1, 0.15) is 50.4 Å². The van der Waals surface area contributed by atoms with Gasteiger partial charge in [0.1, 0.15) is 17.7 Å². The third kappa shape index (κ3) is 6.43. The monoisotopic (exact) mass is 647 g/mol. The average molecular weight is 648 g/mol. The quantitative estimate of drug-likeness (QED) is 0.162. The predicted molar refractivity (Wildman–Crippen MR) is 184 cm³/mol. The van der Waals surface area contributed by atoms with E-state index in [1.807, 2.05) is 31.1 Å². The van der Waals surface area contributed by atoms with Crippen molar-refractivity contribution >= 4 is 22.8 Å². The molecule has 4 heterocycles. The summed E-state index contributed by atoms with van der Waals surface area (Å²) in [5.41, 5.74) is 6.25. The lowest BCUT2D eigenvalue weighted by Crippen LogP contribution is -2.51. The van der Waals surface area contributed by atoms with Crippen LogP contribution in [0.5, 0.6) is 0 Å². The highest BCUT2D eigenvalue weighted by Gasteiger charge is 2.37. The first-order valence-corrected chi connectivity index (χ1v) is 16.6. The Bertz CT molecular complexity index is 1910. The SMILES string of the molecule is COC(=O)N[C@H](C(=O)N1CCC[C@H]1c1ncc(-c2ccc(-c3ccc4cc(-c5cnc([C@@H]6COCCN6)[nH]5)ccc4c3)cc2)[nH]1)C(C)C. The van der Waals surface area contributed by atoms with Gasteiger partial charge in [-0.3, -0.25) is 4.79 Å². The second-order valence-corrected chi connectivity index (χ2v) is 12.8. The number of carbonyl (C=O) groups excluding carboxylic acids is 2. The fourth-order valence-corrected chi connectivity index (χ4v) is 6.68. The molecule has 11 heteroatoms. The maximum absolute atomic E-state index is 13.5. The number of rotatable bonds is 8. The molecule has 0 spiro atoms. The van der Waals surface area contributed by atoms with Crippen LogP contribution in [0, 0.1) is 5.92 Å². The van der Waals surface area contributed by atoms with Crippen molar-refractivity contribution in [3.63, 3.8) is 0 Å². The second-order valence-electron chi connectivity index (χ2n) is 12.8. The number of morpholine rings is 1. The molecular weight excluding hydrogens is 606 g/mol. The number of aromatic amines is 2. The Balaban J connectivity index is 1.04. The van der Waals surface area contributed by atoms with E-state index in [4.69, 9.17) is 9.47 Å². The Morgan fingerprint density at radius 3 is 2.25 bits per heavy atom. The number of nitrogens with one attached hydrogen (secondary N) is 4. The van der Waals surface area contributed by atoms with Gasteiger partial charge in [-0.2, -0.15) is 0 Å². The molecule has 248 valence electrons.